The smallest absolute Gasteiger partial charge is 0.221 e. The summed E-state index contributed by atoms with van der Waals surface area (Å²) in [6, 6.07) is 0.233. The van der Waals surface area contributed by atoms with Gasteiger partial charge in [-0.15, -0.1) is 0 Å². The van der Waals surface area contributed by atoms with Crippen molar-refractivity contribution in [2.24, 2.45) is 4.99 Å². The van der Waals surface area contributed by atoms with Gasteiger partial charge in [0.2, 0.25) is 5.91 Å². The topological polar surface area (TPSA) is 74.8 Å². The summed E-state index contributed by atoms with van der Waals surface area (Å²) < 4.78 is 4.93. The zero-order valence-electron chi connectivity index (χ0n) is 11.9. The Balaban J connectivity index is 3.70. The van der Waals surface area contributed by atoms with Crippen LogP contribution in [0.3, 0.4) is 0 Å². The monoisotopic (exact) mass is 258 g/mol. The maximum absolute atomic E-state index is 11.5. The number of guanidine groups is 1. The number of hydrogen-bond acceptors (Lipinski definition) is 3. The number of nitrogens with one attached hydrogen (secondary N) is 3. The van der Waals surface area contributed by atoms with Crippen LogP contribution in [0.2, 0.25) is 0 Å². The average Bonchev–Trinajstić information content (AvgIpc) is 2.36. The van der Waals surface area contributed by atoms with Crippen LogP contribution < -0.4 is 16.0 Å². The summed E-state index contributed by atoms with van der Waals surface area (Å²) in [5.41, 5.74) is 0. The van der Waals surface area contributed by atoms with E-state index in [1.807, 2.05) is 13.8 Å². The Morgan fingerprint density at radius 2 is 2.00 bits per heavy atom. The molecule has 0 aliphatic carbocycles. The quantitative estimate of drug-likeness (QED) is 0.328. The molecule has 0 aliphatic heterocycles. The Bertz CT molecular complexity index is 256. The molecule has 0 aromatic rings. The third kappa shape index (κ3) is 8.81. The number of carbonyl (C=O) groups excluding carboxylic acids is 1. The lowest BCUT2D eigenvalue weighted by Gasteiger charge is -2.13. The number of rotatable bonds is 8. The second-order valence-corrected chi connectivity index (χ2v) is 4.05. The number of carbonyl (C=O) groups is 1. The van der Waals surface area contributed by atoms with E-state index in [4.69, 9.17) is 4.74 Å². The Hall–Kier alpha value is -1.30. The summed E-state index contributed by atoms with van der Waals surface area (Å²) in [4.78, 5) is 15.6. The van der Waals surface area contributed by atoms with Crippen molar-refractivity contribution in [3.05, 3.63) is 0 Å². The second kappa shape index (κ2) is 10.8. The summed E-state index contributed by atoms with van der Waals surface area (Å²) in [7, 11) is 3.35. The van der Waals surface area contributed by atoms with Crippen molar-refractivity contribution in [2.75, 3.05) is 33.9 Å². The summed E-state index contributed by atoms with van der Waals surface area (Å²) in [5, 5.41) is 9.07. The van der Waals surface area contributed by atoms with Gasteiger partial charge < -0.3 is 20.7 Å². The zero-order valence-corrected chi connectivity index (χ0v) is 11.9. The first-order valence-corrected chi connectivity index (χ1v) is 6.36. The van der Waals surface area contributed by atoms with E-state index >= 15 is 0 Å². The van der Waals surface area contributed by atoms with Crippen LogP contribution in [0.5, 0.6) is 0 Å². The number of amides is 1. The minimum absolute atomic E-state index is 0.0594. The molecule has 0 saturated heterocycles. The molecule has 0 radical (unpaired) electrons. The molecule has 0 bridgehead atoms. The van der Waals surface area contributed by atoms with Gasteiger partial charge in [0, 0.05) is 39.7 Å². The molecule has 0 aliphatic rings. The first-order valence-electron chi connectivity index (χ1n) is 6.36. The van der Waals surface area contributed by atoms with Crippen molar-refractivity contribution in [2.45, 2.75) is 32.7 Å². The molecule has 0 saturated carbocycles. The molecule has 0 fully saturated rings. The predicted octanol–water partition coefficient (Wildman–Crippen LogP) is 0.103. The molecule has 0 heterocycles. The van der Waals surface area contributed by atoms with Gasteiger partial charge >= 0.3 is 0 Å². The highest BCUT2D eigenvalue weighted by atomic mass is 16.5. The van der Waals surface area contributed by atoms with E-state index in [2.05, 4.69) is 20.9 Å². The molecule has 6 nitrogen and oxygen atoms in total. The van der Waals surface area contributed by atoms with Crippen molar-refractivity contribution in [1.82, 2.24) is 16.0 Å². The van der Waals surface area contributed by atoms with E-state index in [1.54, 1.807) is 14.2 Å². The van der Waals surface area contributed by atoms with Crippen LogP contribution in [0.1, 0.15) is 26.7 Å². The fourth-order valence-electron chi connectivity index (χ4n) is 1.24. The highest BCUT2D eigenvalue weighted by molar-refractivity contribution is 5.81. The zero-order chi connectivity index (χ0) is 13.8. The van der Waals surface area contributed by atoms with E-state index in [9.17, 15) is 4.79 Å². The van der Waals surface area contributed by atoms with Crippen molar-refractivity contribution in [3.63, 3.8) is 0 Å². The second-order valence-electron chi connectivity index (χ2n) is 4.05. The average molecular weight is 258 g/mol. The van der Waals surface area contributed by atoms with Crippen molar-refractivity contribution in [3.8, 4) is 0 Å². The largest absolute Gasteiger partial charge is 0.383 e. The maximum atomic E-state index is 11.5. The summed E-state index contributed by atoms with van der Waals surface area (Å²) in [5.74, 6) is 0.743. The number of ether oxygens (including phenoxy) is 1. The number of nitrogens with zero attached hydrogens (tertiary/aromatic N) is 1. The first kappa shape index (κ1) is 16.7. The van der Waals surface area contributed by atoms with Gasteiger partial charge in [0.05, 0.1) is 6.61 Å². The third-order valence-electron chi connectivity index (χ3n) is 2.49. The van der Waals surface area contributed by atoms with Crippen LogP contribution in [-0.4, -0.2) is 51.8 Å². The van der Waals surface area contributed by atoms with Gasteiger partial charge in [-0.25, -0.2) is 0 Å². The normalized spacial score (nSPS) is 13.0. The Morgan fingerprint density at radius 1 is 1.33 bits per heavy atom. The summed E-state index contributed by atoms with van der Waals surface area (Å²) >= 11 is 0. The Morgan fingerprint density at radius 3 is 2.56 bits per heavy atom. The third-order valence-corrected chi connectivity index (χ3v) is 2.49. The van der Waals surface area contributed by atoms with Crippen LogP contribution in [0.15, 0.2) is 4.99 Å². The molecule has 6 heteroatoms. The molecule has 0 spiro atoms. The molecule has 0 rings (SSSR count). The lowest BCUT2D eigenvalue weighted by molar-refractivity contribution is -0.121. The molecule has 106 valence electrons. The van der Waals surface area contributed by atoms with E-state index in [0.717, 1.165) is 6.42 Å². The van der Waals surface area contributed by atoms with Crippen LogP contribution in [0.4, 0.5) is 0 Å². The summed E-state index contributed by atoms with van der Waals surface area (Å²) in [6.45, 7) is 5.92. The van der Waals surface area contributed by atoms with Gasteiger partial charge in [0.1, 0.15) is 0 Å². The van der Waals surface area contributed by atoms with Gasteiger partial charge in [-0.1, -0.05) is 6.92 Å². The van der Waals surface area contributed by atoms with Gasteiger partial charge in [0.15, 0.2) is 5.96 Å². The number of methoxy groups -OCH3 is 1. The first-order chi connectivity index (χ1) is 8.63. The standard InChI is InChI=1S/C12H26N4O2/c1-5-10(2)16-11(17)6-7-14-12(13-3)15-8-9-18-4/h10H,5-9H2,1-4H3,(H,16,17)(H2,13,14,15). The van der Waals surface area contributed by atoms with E-state index in [0.29, 0.717) is 32.1 Å². The van der Waals surface area contributed by atoms with Crippen LogP contribution in [-0.2, 0) is 9.53 Å². The predicted molar refractivity (Wildman–Crippen MR) is 73.8 cm³/mol. The van der Waals surface area contributed by atoms with Gasteiger partial charge in [-0.05, 0) is 13.3 Å². The van der Waals surface area contributed by atoms with Crippen LogP contribution >= 0.6 is 0 Å². The summed E-state index contributed by atoms with van der Waals surface area (Å²) in [6.07, 6.45) is 1.38. The van der Waals surface area contributed by atoms with Crippen LogP contribution in [0, 0.1) is 0 Å². The molecular formula is C12H26N4O2. The maximum Gasteiger partial charge on any atom is 0.221 e. The van der Waals surface area contributed by atoms with Crippen molar-refractivity contribution in [1.29, 1.82) is 0 Å². The van der Waals surface area contributed by atoms with E-state index < -0.39 is 0 Å². The fourth-order valence-corrected chi connectivity index (χ4v) is 1.24. The van der Waals surface area contributed by atoms with Crippen molar-refractivity contribution >= 4 is 11.9 Å². The van der Waals surface area contributed by atoms with Crippen LogP contribution in [0.25, 0.3) is 0 Å². The lowest BCUT2D eigenvalue weighted by Crippen LogP contribution is -2.41. The van der Waals surface area contributed by atoms with E-state index in [-0.39, 0.29) is 11.9 Å². The van der Waals surface area contributed by atoms with E-state index in [1.165, 1.54) is 0 Å². The van der Waals surface area contributed by atoms with Gasteiger partial charge in [-0.2, -0.15) is 0 Å². The number of hydrogen-bond donors (Lipinski definition) is 3. The Labute approximate surface area is 110 Å². The lowest BCUT2D eigenvalue weighted by atomic mass is 10.2. The van der Waals surface area contributed by atoms with Gasteiger partial charge in [0.25, 0.3) is 0 Å². The minimum atomic E-state index is 0.0594. The molecular weight excluding hydrogens is 232 g/mol. The molecule has 1 unspecified atom stereocenters. The Kier molecular flexibility index (Phi) is 10.0. The highest BCUT2D eigenvalue weighted by Gasteiger charge is 2.05. The minimum Gasteiger partial charge on any atom is -0.383 e. The van der Waals surface area contributed by atoms with Crippen molar-refractivity contribution < 1.29 is 9.53 Å². The molecule has 18 heavy (non-hydrogen) atoms. The van der Waals surface area contributed by atoms with Gasteiger partial charge in [-0.3, -0.25) is 9.79 Å². The number of aliphatic imine (C=N–C) groups is 1. The molecule has 1 atom stereocenters. The molecule has 1 amide bonds. The highest BCUT2D eigenvalue weighted by Crippen LogP contribution is 1.88. The SMILES string of the molecule is CCC(C)NC(=O)CCNC(=NC)NCCOC. The fraction of sp³-hybridized carbons (Fsp3) is 0.833. The molecule has 0 aromatic carbocycles. The molecule has 0 aromatic heterocycles. The molecule has 3 N–H and O–H groups in total.